The van der Waals surface area contributed by atoms with E-state index in [0.29, 0.717) is 0 Å². The number of aryl methyl sites for hydroxylation is 2. The van der Waals surface area contributed by atoms with Crippen LogP contribution in [0.5, 0.6) is 0 Å². The molecule has 0 N–H and O–H groups in total. The minimum absolute atomic E-state index is 1.09. The maximum Gasteiger partial charge on any atom is 0.407 e. The van der Waals surface area contributed by atoms with Gasteiger partial charge in [-0.2, -0.15) is 0 Å². The topological polar surface area (TPSA) is 0 Å². The first-order chi connectivity index (χ1) is 5.52. The summed E-state index contributed by atoms with van der Waals surface area (Å²) in [6, 6.07) is 8.48. The van der Waals surface area contributed by atoms with Crippen LogP contribution in [0, 0.1) is 13.8 Å². The third-order valence-corrected chi connectivity index (χ3v) is 1.22. The second-order valence-electron chi connectivity index (χ2n) is 2.36. The van der Waals surface area contributed by atoms with Crippen molar-refractivity contribution in [1.29, 1.82) is 0 Å². The molecule has 0 saturated heterocycles. The fourth-order valence-corrected chi connectivity index (χ4v) is 0.637. The van der Waals surface area contributed by atoms with Crippen molar-refractivity contribution in [3.05, 3.63) is 35.4 Å². The van der Waals surface area contributed by atoms with E-state index in [2.05, 4.69) is 49.9 Å². The van der Waals surface area contributed by atoms with Gasteiger partial charge in [0.2, 0.25) is 11.8 Å². The summed E-state index contributed by atoms with van der Waals surface area (Å²) >= 11 is 14.1. The predicted octanol–water partition coefficient (Wildman–Crippen LogP) is 4.54. The zero-order valence-corrected chi connectivity index (χ0v) is 10.1. The van der Waals surface area contributed by atoms with Crippen molar-refractivity contribution in [3.8, 4) is 0 Å². The second kappa shape index (κ2) is 6.80. The fourth-order valence-electron chi connectivity index (χ4n) is 0.637. The Bertz CT molecular complexity index is 221. The number of hydrogen-bond donors (Lipinski definition) is 0. The van der Waals surface area contributed by atoms with Gasteiger partial charge >= 0.3 is 5.40 Å². The van der Waals surface area contributed by atoms with Gasteiger partial charge in [0, 0.05) is 0 Å². The molecule has 0 heterocycles. The first-order valence-electron chi connectivity index (χ1n) is 3.34. The number of halogens is 2. The summed E-state index contributed by atoms with van der Waals surface area (Å²) in [4.78, 5) is 0. The Balaban J connectivity index is 0.000000261. The molecule has 12 heavy (non-hydrogen) atoms. The lowest BCUT2D eigenvalue weighted by molar-refractivity contribution is 1.40. The molecule has 0 unspecified atom stereocenters. The third kappa shape index (κ3) is 8.42. The van der Waals surface area contributed by atoms with Crippen LogP contribution >= 0.6 is 27.9 Å². The summed E-state index contributed by atoms with van der Waals surface area (Å²) < 4.78 is 0. The largest absolute Gasteiger partial charge is 0.407 e. The highest BCUT2D eigenvalue weighted by Crippen LogP contribution is 2.31. The quantitative estimate of drug-likeness (QED) is 0.600. The first-order valence-corrected chi connectivity index (χ1v) is 7.51. The van der Waals surface area contributed by atoms with E-state index >= 15 is 0 Å². The zero-order chi connectivity index (χ0) is 9.56. The van der Waals surface area contributed by atoms with Crippen molar-refractivity contribution in [2.75, 3.05) is 0 Å². The molecule has 4 heteroatoms. The smallest absolute Gasteiger partial charge is 0.0591 e. The lowest BCUT2D eigenvalue weighted by Gasteiger charge is -1.90. The predicted molar refractivity (Wildman–Crippen MR) is 61.9 cm³/mol. The highest BCUT2D eigenvalue weighted by Gasteiger charge is 1.89. The Morgan fingerprint density at radius 3 is 1.33 bits per heavy atom. The SMILES string of the molecule is Cc1ccc(C)cc1.S=[P+](Cl)Cl. The van der Waals surface area contributed by atoms with E-state index in [9.17, 15) is 0 Å². The molecule has 0 aliphatic carbocycles. The maximum atomic E-state index is 4.92. The number of benzene rings is 1. The summed E-state index contributed by atoms with van der Waals surface area (Å²) in [7, 11) is 0. The van der Waals surface area contributed by atoms with E-state index < -0.39 is 5.40 Å². The van der Waals surface area contributed by atoms with E-state index in [1.54, 1.807) is 0 Å². The lowest BCUT2D eigenvalue weighted by atomic mass is 10.2. The van der Waals surface area contributed by atoms with Crippen LogP contribution in [0.3, 0.4) is 0 Å². The van der Waals surface area contributed by atoms with Gasteiger partial charge in [-0.05, 0) is 13.8 Å². The van der Waals surface area contributed by atoms with Crippen molar-refractivity contribution in [2.45, 2.75) is 13.8 Å². The van der Waals surface area contributed by atoms with Gasteiger partial charge in [0.15, 0.2) is 22.5 Å². The van der Waals surface area contributed by atoms with Gasteiger partial charge in [-0.25, -0.2) is 0 Å². The summed E-state index contributed by atoms with van der Waals surface area (Å²) in [6.45, 7) is 4.19. The standard InChI is InChI=1S/C8H10.Cl2PS/c1-7-3-5-8(2)6-4-7;1-3(2)4/h3-6H,1-2H3;/q;+1. The van der Waals surface area contributed by atoms with Gasteiger partial charge in [0.1, 0.15) is 0 Å². The molecule has 0 spiro atoms. The van der Waals surface area contributed by atoms with Crippen molar-refractivity contribution < 1.29 is 0 Å². The fraction of sp³-hybridized carbons (Fsp3) is 0.250. The van der Waals surface area contributed by atoms with Gasteiger partial charge in [-0.3, -0.25) is 0 Å². The molecule has 0 amide bonds. The van der Waals surface area contributed by atoms with Crippen LogP contribution in [0.4, 0.5) is 0 Å². The maximum absolute atomic E-state index is 4.92. The van der Waals surface area contributed by atoms with E-state index in [1.165, 1.54) is 11.1 Å². The van der Waals surface area contributed by atoms with Crippen molar-refractivity contribution in [2.24, 2.45) is 0 Å². The Morgan fingerprint density at radius 2 is 1.17 bits per heavy atom. The molecule has 0 atom stereocenters. The molecular formula is C8H10Cl2PS+. The number of hydrogen-bond acceptors (Lipinski definition) is 1. The van der Waals surface area contributed by atoms with Gasteiger partial charge in [0.05, 0.1) is 0 Å². The van der Waals surface area contributed by atoms with Gasteiger partial charge in [-0.15, -0.1) is 0 Å². The Kier molecular flexibility index (Phi) is 6.98. The van der Waals surface area contributed by atoms with E-state index in [-0.39, 0.29) is 0 Å². The minimum Gasteiger partial charge on any atom is -0.0591 e. The molecule has 0 nitrogen and oxygen atoms in total. The van der Waals surface area contributed by atoms with E-state index in [1.807, 2.05) is 0 Å². The van der Waals surface area contributed by atoms with Crippen molar-refractivity contribution in [1.82, 2.24) is 0 Å². The summed E-state index contributed by atoms with van der Waals surface area (Å²) in [5.74, 6) is 0. The molecule has 1 aromatic rings. The van der Waals surface area contributed by atoms with Crippen LogP contribution in [0.25, 0.3) is 0 Å². The van der Waals surface area contributed by atoms with Gasteiger partial charge < -0.3 is 0 Å². The average Bonchev–Trinajstić information content (AvgIpc) is 1.94. The number of rotatable bonds is 0. The van der Waals surface area contributed by atoms with Crippen molar-refractivity contribution >= 4 is 39.7 Å². The summed E-state index contributed by atoms with van der Waals surface area (Å²) in [5.41, 5.74) is 2.66. The molecule has 0 saturated carbocycles. The monoisotopic (exact) mass is 239 g/mol. The van der Waals surface area contributed by atoms with Gasteiger partial charge in [0.25, 0.3) is 0 Å². The van der Waals surface area contributed by atoms with E-state index in [0.717, 1.165) is 0 Å². The molecule has 66 valence electrons. The molecular weight excluding hydrogens is 230 g/mol. The molecule has 1 aromatic carbocycles. The van der Waals surface area contributed by atoms with Crippen molar-refractivity contribution in [3.63, 3.8) is 0 Å². The van der Waals surface area contributed by atoms with Crippen LogP contribution in [0.2, 0.25) is 0 Å². The third-order valence-electron chi connectivity index (χ3n) is 1.22. The molecule has 0 aliphatic rings. The Morgan fingerprint density at radius 1 is 1.00 bits per heavy atom. The van der Waals surface area contributed by atoms with Crippen LogP contribution in [0.15, 0.2) is 24.3 Å². The molecule has 1 rings (SSSR count). The summed E-state index contributed by atoms with van der Waals surface area (Å²) in [6.07, 6.45) is 0. The highest BCUT2D eigenvalue weighted by atomic mass is 35.9. The Hall–Kier alpha value is 0.320. The molecule has 0 aromatic heterocycles. The summed E-state index contributed by atoms with van der Waals surface area (Å²) in [5, 5.41) is -1.09. The molecule has 0 aliphatic heterocycles. The zero-order valence-electron chi connectivity index (χ0n) is 6.92. The minimum atomic E-state index is -1.09. The van der Waals surface area contributed by atoms with Crippen LogP contribution < -0.4 is 0 Å². The van der Waals surface area contributed by atoms with Crippen LogP contribution in [-0.4, -0.2) is 0 Å². The molecule has 0 bridgehead atoms. The highest BCUT2D eigenvalue weighted by molar-refractivity contribution is 8.29. The average molecular weight is 240 g/mol. The van der Waals surface area contributed by atoms with Gasteiger partial charge in [-0.1, -0.05) is 35.4 Å². The normalized spacial score (nSPS) is 8.33. The van der Waals surface area contributed by atoms with Crippen LogP contribution in [0.1, 0.15) is 11.1 Å². The first kappa shape index (κ1) is 12.3. The molecule has 0 fully saturated rings. The molecule has 0 radical (unpaired) electrons. The second-order valence-corrected chi connectivity index (χ2v) is 7.61. The van der Waals surface area contributed by atoms with Crippen LogP contribution in [-0.2, 0) is 11.8 Å². The Labute approximate surface area is 88.9 Å². The van der Waals surface area contributed by atoms with E-state index in [4.69, 9.17) is 22.5 Å². The lowest BCUT2D eigenvalue weighted by Crippen LogP contribution is -1.70.